The highest BCUT2D eigenvalue weighted by molar-refractivity contribution is 7.11. The maximum absolute atomic E-state index is 6.20. The van der Waals surface area contributed by atoms with Gasteiger partial charge in [0.1, 0.15) is 0 Å². The molecule has 0 unspecified atom stereocenters. The van der Waals surface area contributed by atoms with Crippen molar-refractivity contribution in [1.29, 1.82) is 0 Å². The van der Waals surface area contributed by atoms with Crippen molar-refractivity contribution >= 4 is 11.3 Å². The van der Waals surface area contributed by atoms with Crippen molar-refractivity contribution in [3.05, 3.63) is 15.6 Å². The van der Waals surface area contributed by atoms with Crippen LogP contribution in [0.1, 0.15) is 61.5 Å². The third-order valence-electron chi connectivity index (χ3n) is 2.71. The monoisotopic (exact) mass is 224 g/mol. The summed E-state index contributed by atoms with van der Waals surface area (Å²) in [5.41, 5.74) is 7.28. The molecule has 0 spiro atoms. The lowest BCUT2D eigenvalue weighted by molar-refractivity contribution is 0.558. The lowest BCUT2D eigenvalue weighted by Gasteiger charge is -2.17. The predicted octanol–water partition coefficient (Wildman–Crippen LogP) is 3.17. The van der Waals surface area contributed by atoms with Gasteiger partial charge in [0.25, 0.3) is 0 Å². The Kier molecular flexibility index (Phi) is 2.86. The van der Waals surface area contributed by atoms with Crippen LogP contribution in [0.3, 0.4) is 0 Å². The fourth-order valence-electron chi connectivity index (χ4n) is 1.79. The highest BCUT2D eigenvalue weighted by atomic mass is 32.1. The van der Waals surface area contributed by atoms with E-state index in [-0.39, 0.29) is 5.54 Å². The summed E-state index contributed by atoms with van der Waals surface area (Å²) in [4.78, 5) is 6.08. The van der Waals surface area contributed by atoms with E-state index in [0.717, 1.165) is 6.42 Å². The van der Waals surface area contributed by atoms with Crippen molar-refractivity contribution in [2.75, 3.05) is 0 Å². The second-order valence-electron chi connectivity index (χ2n) is 5.07. The molecular weight excluding hydrogens is 204 g/mol. The standard InChI is InChI=1S/C12H20N2S/c1-4-5-9-14-10(8-6-7-8)11(15-9)12(2,3)13/h8H,4-7,13H2,1-3H3. The molecule has 0 aliphatic heterocycles. The molecular formula is C12H20N2S. The molecule has 1 aromatic heterocycles. The third kappa shape index (κ3) is 2.40. The fourth-order valence-corrected chi connectivity index (χ4v) is 3.06. The largest absolute Gasteiger partial charge is 0.321 e. The first-order valence-electron chi connectivity index (χ1n) is 5.81. The number of nitrogens with zero attached hydrogens (tertiary/aromatic N) is 1. The molecule has 1 saturated carbocycles. The summed E-state index contributed by atoms with van der Waals surface area (Å²) in [6.45, 7) is 6.37. The van der Waals surface area contributed by atoms with E-state index in [2.05, 4.69) is 20.8 Å². The molecule has 3 heteroatoms. The summed E-state index contributed by atoms with van der Waals surface area (Å²) in [5, 5.41) is 1.27. The number of hydrogen-bond acceptors (Lipinski definition) is 3. The first-order chi connectivity index (χ1) is 7.02. The molecule has 0 atom stereocenters. The van der Waals surface area contributed by atoms with Crippen LogP contribution in [0.4, 0.5) is 0 Å². The molecule has 0 amide bonds. The average molecular weight is 224 g/mol. The van der Waals surface area contributed by atoms with E-state index in [1.807, 2.05) is 11.3 Å². The van der Waals surface area contributed by atoms with E-state index in [4.69, 9.17) is 10.7 Å². The van der Waals surface area contributed by atoms with Crippen molar-refractivity contribution in [2.24, 2.45) is 5.73 Å². The van der Waals surface area contributed by atoms with E-state index in [1.54, 1.807) is 0 Å². The first kappa shape index (κ1) is 11.1. The van der Waals surface area contributed by atoms with Crippen LogP contribution in [0.15, 0.2) is 0 Å². The Morgan fingerprint density at radius 1 is 1.47 bits per heavy atom. The van der Waals surface area contributed by atoms with Gasteiger partial charge in [-0.1, -0.05) is 6.92 Å². The van der Waals surface area contributed by atoms with Crippen molar-refractivity contribution in [1.82, 2.24) is 4.98 Å². The summed E-state index contributed by atoms with van der Waals surface area (Å²) < 4.78 is 0. The summed E-state index contributed by atoms with van der Waals surface area (Å²) in [6, 6.07) is 0. The highest BCUT2D eigenvalue weighted by Crippen LogP contribution is 2.45. The van der Waals surface area contributed by atoms with Gasteiger partial charge in [0.15, 0.2) is 0 Å². The molecule has 0 saturated heterocycles. The number of nitrogens with two attached hydrogens (primary N) is 1. The number of rotatable bonds is 4. The molecule has 1 aromatic rings. The maximum Gasteiger partial charge on any atom is 0.0931 e. The molecule has 84 valence electrons. The fraction of sp³-hybridized carbons (Fsp3) is 0.750. The van der Waals surface area contributed by atoms with Gasteiger partial charge in [-0.05, 0) is 39.5 Å². The zero-order valence-corrected chi connectivity index (χ0v) is 10.7. The molecule has 1 aliphatic carbocycles. The minimum Gasteiger partial charge on any atom is -0.321 e. The Morgan fingerprint density at radius 2 is 2.13 bits per heavy atom. The van der Waals surface area contributed by atoms with Crippen LogP contribution in [0, 0.1) is 0 Å². The second-order valence-corrected chi connectivity index (χ2v) is 6.15. The van der Waals surface area contributed by atoms with Crippen molar-refractivity contribution in [3.8, 4) is 0 Å². The van der Waals surface area contributed by atoms with Gasteiger partial charge in [-0.3, -0.25) is 0 Å². The van der Waals surface area contributed by atoms with Gasteiger partial charge >= 0.3 is 0 Å². The molecule has 0 radical (unpaired) electrons. The van der Waals surface area contributed by atoms with Gasteiger partial charge in [0.2, 0.25) is 0 Å². The number of hydrogen-bond donors (Lipinski definition) is 1. The maximum atomic E-state index is 6.20. The van der Waals surface area contributed by atoms with Crippen LogP contribution in [0.25, 0.3) is 0 Å². The number of aryl methyl sites for hydroxylation is 1. The van der Waals surface area contributed by atoms with Gasteiger partial charge < -0.3 is 5.73 Å². The topological polar surface area (TPSA) is 38.9 Å². The van der Waals surface area contributed by atoms with Crippen LogP contribution in [-0.4, -0.2) is 4.98 Å². The average Bonchev–Trinajstić information content (AvgIpc) is 2.87. The van der Waals surface area contributed by atoms with E-state index in [1.165, 1.54) is 34.8 Å². The summed E-state index contributed by atoms with van der Waals surface area (Å²) in [6.07, 6.45) is 4.87. The lowest BCUT2D eigenvalue weighted by atomic mass is 10.0. The predicted molar refractivity (Wildman–Crippen MR) is 65.3 cm³/mol. The van der Waals surface area contributed by atoms with Gasteiger partial charge in [-0.15, -0.1) is 11.3 Å². The van der Waals surface area contributed by atoms with Crippen LogP contribution in [0.5, 0.6) is 0 Å². The quantitative estimate of drug-likeness (QED) is 0.853. The van der Waals surface area contributed by atoms with E-state index < -0.39 is 0 Å². The Morgan fingerprint density at radius 3 is 2.60 bits per heavy atom. The Bertz CT molecular complexity index is 345. The summed E-state index contributed by atoms with van der Waals surface area (Å²) in [5.74, 6) is 0.713. The minimum atomic E-state index is -0.221. The zero-order chi connectivity index (χ0) is 11.1. The van der Waals surface area contributed by atoms with Crippen molar-refractivity contribution < 1.29 is 0 Å². The molecule has 2 nitrogen and oxygen atoms in total. The zero-order valence-electron chi connectivity index (χ0n) is 9.84. The van der Waals surface area contributed by atoms with E-state index >= 15 is 0 Å². The molecule has 15 heavy (non-hydrogen) atoms. The SMILES string of the molecule is CCCc1nc(C2CC2)c(C(C)(C)N)s1. The molecule has 1 aliphatic rings. The lowest BCUT2D eigenvalue weighted by Crippen LogP contribution is -2.28. The first-order valence-corrected chi connectivity index (χ1v) is 6.63. The molecule has 2 N–H and O–H groups in total. The summed E-state index contributed by atoms with van der Waals surface area (Å²) >= 11 is 1.82. The molecule has 1 fully saturated rings. The minimum absolute atomic E-state index is 0.221. The van der Waals surface area contributed by atoms with Crippen LogP contribution in [-0.2, 0) is 12.0 Å². The second kappa shape index (κ2) is 3.87. The Hall–Kier alpha value is -0.410. The smallest absolute Gasteiger partial charge is 0.0931 e. The third-order valence-corrected chi connectivity index (χ3v) is 4.18. The van der Waals surface area contributed by atoms with Crippen molar-refractivity contribution in [3.63, 3.8) is 0 Å². The van der Waals surface area contributed by atoms with E-state index in [0.29, 0.717) is 5.92 Å². The molecule has 2 rings (SSSR count). The van der Waals surface area contributed by atoms with Crippen LogP contribution >= 0.6 is 11.3 Å². The molecule has 1 heterocycles. The van der Waals surface area contributed by atoms with Gasteiger partial charge in [0.05, 0.1) is 10.7 Å². The normalized spacial score (nSPS) is 17.1. The molecule has 0 aromatic carbocycles. The van der Waals surface area contributed by atoms with Gasteiger partial charge in [-0.2, -0.15) is 0 Å². The Balaban J connectivity index is 2.33. The van der Waals surface area contributed by atoms with Crippen molar-refractivity contribution in [2.45, 2.75) is 57.9 Å². The summed E-state index contributed by atoms with van der Waals surface area (Å²) in [7, 11) is 0. The highest BCUT2D eigenvalue weighted by Gasteiger charge is 2.33. The van der Waals surface area contributed by atoms with Crippen LogP contribution < -0.4 is 5.73 Å². The van der Waals surface area contributed by atoms with Crippen LogP contribution in [0.2, 0.25) is 0 Å². The Labute approximate surface area is 95.9 Å². The van der Waals surface area contributed by atoms with Gasteiger partial charge in [0, 0.05) is 16.3 Å². The van der Waals surface area contributed by atoms with Gasteiger partial charge in [-0.25, -0.2) is 4.98 Å². The van der Waals surface area contributed by atoms with E-state index in [9.17, 15) is 0 Å². The molecule has 0 bridgehead atoms. The number of thiazole rings is 1. The number of aromatic nitrogens is 1.